The number of allylic oxidation sites excluding steroid dienone is 2. The van der Waals surface area contributed by atoms with Crippen molar-refractivity contribution >= 4 is 11.7 Å². The third kappa shape index (κ3) is 3.88. The molecule has 3 rings (SSSR count). The highest BCUT2D eigenvalue weighted by Crippen LogP contribution is 2.43. The predicted molar refractivity (Wildman–Crippen MR) is 102 cm³/mol. The molecule has 1 atom stereocenters. The fourth-order valence-electron chi connectivity index (χ4n) is 3.63. The minimum Gasteiger partial charge on any atom is -0.466 e. The summed E-state index contributed by atoms with van der Waals surface area (Å²) < 4.78 is 60.8. The molecule has 0 aliphatic carbocycles. The van der Waals surface area contributed by atoms with E-state index in [2.05, 4.69) is 5.32 Å². The zero-order valence-corrected chi connectivity index (χ0v) is 16.6. The molecule has 2 aromatic carbocycles. The lowest BCUT2D eigenvalue weighted by Crippen LogP contribution is -2.32. The molecule has 0 fully saturated rings. The Balaban J connectivity index is 2.41. The highest BCUT2D eigenvalue weighted by molar-refractivity contribution is 5.94. The molecule has 0 radical (unpaired) electrons. The number of hydrogen-bond donors (Lipinski definition) is 1. The molecule has 1 heterocycles. The molecule has 1 unspecified atom stereocenters. The van der Waals surface area contributed by atoms with Gasteiger partial charge in [-0.25, -0.2) is 22.4 Å². The second-order valence-corrected chi connectivity index (χ2v) is 6.85. The van der Waals surface area contributed by atoms with Crippen LogP contribution in [0.2, 0.25) is 0 Å². The number of hydrogen-bond acceptors (Lipinski definition) is 5. The van der Waals surface area contributed by atoms with Gasteiger partial charge in [0.15, 0.2) is 0 Å². The molecule has 1 N–H and O–H groups in total. The summed E-state index contributed by atoms with van der Waals surface area (Å²) in [5.41, 5.74) is -1.94. The van der Waals surface area contributed by atoms with E-state index in [1.807, 2.05) is 0 Å². The Morgan fingerprint density at radius 2 is 1.68 bits per heavy atom. The van der Waals surface area contributed by atoms with Gasteiger partial charge in [-0.2, -0.15) is 0 Å². The van der Waals surface area contributed by atoms with Crippen LogP contribution in [0.3, 0.4) is 0 Å². The molecular weight excluding hydrogens is 420 g/mol. The molecule has 162 valence electrons. The average molecular weight is 436 g/mol. The Morgan fingerprint density at radius 1 is 1.06 bits per heavy atom. The summed E-state index contributed by atoms with van der Waals surface area (Å²) in [5, 5.41) is 14.6. The predicted octanol–water partition coefficient (Wildman–Crippen LogP) is 4.33. The number of ether oxygens (including phenoxy) is 1. The van der Waals surface area contributed by atoms with Gasteiger partial charge in [-0.1, -0.05) is 6.07 Å². The van der Waals surface area contributed by atoms with Gasteiger partial charge in [-0.05, 0) is 37.1 Å². The van der Waals surface area contributed by atoms with Crippen molar-refractivity contribution in [3.63, 3.8) is 0 Å². The van der Waals surface area contributed by atoms with Crippen LogP contribution in [-0.2, 0) is 9.53 Å². The van der Waals surface area contributed by atoms with Crippen LogP contribution in [0.4, 0.5) is 17.6 Å². The Labute approximate surface area is 174 Å². The molecule has 2 aromatic rings. The van der Waals surface area contributed by atoms with Crippen LogP contribution in [0.5, 0.6) is 0 Å². The number of carbonyl (C=O) groups is 1. The van der Waals surface area contributed by atoms with Gasteiger partial charge in [0.25, 0.3) is 5.70 Å². The number of benzene rings is 2. The van der Waals surface area contributed by atoms with Gasteiger partial charge >= 0.3 is 5.97 Å². The zero-order chi connectivity index (χ0) is 23.0. The van der Waals surface area contributed by atoms with Crippen LogP contribution in [0, 0.1) is 40.3 Å². The van der Waals surface area contributed by atoms with E-state index in [-0.39, 0.29) is 22.4 Å². The van der Waals surface area contributed by atoms with Gasteiger partial charge in [0.2, 0.25) is 0 Å². The number of nitrogens with zero attached hydrogens (tertiary/aromatic N) is 1. The lowest BCUT2D eigenvalue weighted by Gasteiger charge is -2.28. The highest BCUT2D eigenvalue weighted by atomic mass is 19.1. The largest absolute Gasteiger partial charge is 0.466 e. The summed E-state index contributed by atoms with van der Waals surface area (Å²) in [4.78, 5) is 23.7. The number of esters is 1. The van der Waals surface area contributed by atoms with Crippen LogP contribution in [-0.4, -0.2) is 18.0 Å². The van der Waals surface area contributed by atoms with Gasteiger partial charge < -0.3 is 10.1 Å². The van der Waals surface area contributed by atoms with Crippen molar-refractivity contribution < 1.29 is 32.0 Å². The second-order valence-electron chi connectivity index (χ2n) is 6.85. The molecule has 10 heteroatoms. The third-order valence-electron chi connectivity index (χ3n) is 4.94. The molecular formula is C21H16F4N2O4. The number of rotatable bonds is 4. The van der Waals surface area contributed by atoms with Gasteiger partial charge in [0.05, 0.1) is 23.2 Å². The number of aryl methyl sites for hydroxylation is 1. The highest BCUT2D eigenvalue weighted by Gasteiger charge is 2.44. The van der Waals surface area contributed by atoms with Crippen molar-refractivity contribution in [1.29, 1.82) is 0 Å². The van der Waals surface area contributed by atoms with E-state index in [0.29, 0.717) is 12.1 Å². The molecule has 0 spiro atoms. The standard InChI is InChI=1S/C21H16F4N2O4/c1-9-6-11(22)4-5-13(9)17-16(21(28)31-3)10(2)26-19(20(17)27(29)30)18-14(24)7-12(23)8-15(18)25/h4-8,17,26H,1-3H3. The Morgan fingerprint density at radius 3 is 2.19 bits per heavy atom. The summed E-state index contributed by atoms with van der Waals surface area (Å²) >= 11 is 0. The third-order valence-corrected chi connectivity index (χ3v) is 4.94. The van der Waals surface area contributed by atoms with Gasteiger partial charge in [-0.3, -0.25) is 10.1 Å². The van der Waals surface area contributed by atoms with Gasteiger partial charge in [0, 0.05) is 17.8 Å². The average Bonchev–Trinajstić information content (AvgIpc) is 2.66. The van der Waals surface area contributed by atoms with Crippen molar-refractivity contribution in [2.24, 2.45) is 0 Å². The van der Waals surface area contributed by atoms with E-state index in [1.54, 1.807) is 0 Å². The van der Waals surface area contributed by atoms with Gasteiger partial charge in [-0.15, -0.1) is 0 Å². The summed E-state index contributed by atoms with van der Waals surface area (Å²) in [6, 6.07) is 4.17. The topological polar surface area (TPSA) is 81.5 Å². The molecule has 0 aromatic heterocycles. The van der Waals surface area contributed by atoms with Crippen LogP contribution >= 0.6 is 0 Å². The number of halogens is 4. The van der Waals surface area contributed by atoms with Crippen LogP contribution in [0.1, 0.15) is 29.5 Å². The van der Waals surface area contributed by atoms with Crippen molar-refractivity contribution in [2.75, 3.05) is 7.11 Å². The van der Waals surface area contributed by atoms with Crippen LogP contribution < -0.4 is 5.32 Å². The first kappa shape index (κ1) is 22.0. The summed E-state index contributed by atoms with van der Waals surface area (Å²) in [6.07, 6.45) is 0. The minimum atomic E-state index is -1.44. The first-order valence-electron chi connectivity index (χ1n) is 8.92. The van der Waals surface area contributed by atoms with E-state index in [0.717, 1.165) is 19.2 Å². The van der Waals surface area contributed by atoms with Crippen molar-refractivity contribution in [3.05, 3.63) is 97.4 Å². The maximum Gasteiger partial charge on any atom is 0.336 e. The normalized spacial score (nSPS) is 16.3. The van der Waals surface area contributed by atoms with Gasteiger partial charge in [0.1, 0.15) is 34.9 Å². The summed E-state index contributed by atoms with van der Waals surface area (Å²) in [6.45, 7) is 2.84. The summed E-state index contributed by atoms with van der Waals surface area (Å²) in [7, 11) is 1.07. The molecule has 0 saturated carbocycles. The Bertz CT molecular complexity index is 1150. The Hall–Kier alpha value is -3.69. The van der Waals surface area contributed by atoms with Crippen molar-refractivity contribution in [2.45, 2.75) is 19.8 Å². The number of nitrogens with one attached hydrogen (secondary N) is 1. The van der Waals surface area contributed by atoms with E-state index in [9.17, 15) is 32.5 Å². The molecule has 1 aliphatic heterocycles. The minimum absolute atomic E-state index is 0.0318. The second kappa shape index (κ2) is 8.21. The lowest BCUT2D eigenvalue weighted by molar-refractivity contribution is -0.428. The van der Waals surface area contributed by atoms with Crippen molar-refractivity contribution in [3.8, 4) is 0 Å². The number of methoxy groups -OCH3 is 1. The van der Waals surface area contributed by atoms with Crippen molar-refractivity contribution in [1.82, 2.24) is 5.32 Å². The molecule has 31 heavy (non-hydrogen) atoms. The van der Waals surface area contributed by atoms with Crippen LogP contribution in [0.15, 0.2) is 47.3 Å². The number of nitro groups is 1. The van der Waals surface area contributed by atoms with E-state index >= 15 is 0 Å². The maximum atomic E-state index is 14.5. The molecule has 0 bridgehead atoms. The fourth-order valence-corrected chi connectivity index (χ4v) is 3.63. The molecule has 0 saturated heterocycles. The number of dihydropyridines is 1. The first-order valence-corrected chi connectivity index (χ1v) is 8.92. The Kier molecular flexibility index (Phi) is 5.83. The SMILES string of the molecule is COC(=O)C1=C(C)NC(c2c(F)cc(F)cc2F)=C([N+](=O)[O-])C1c1ccc(F)cc1C. The summed E-state index contributed by atoms with van der Waals surface area (Å²) in [5.74, 6) is -6.92. The lowest BCUT2D eigenvalue weighted by atomic mass is 9.81. The molecule has 0 amide bonds. The molecule has 6 nitrogen and oxygen atoms in total. The fraction of sp³-hybridized carbons (Fsp3) is 0.190. The quantitative estimate of drug-likeness (QED) is 0.334. The number of carbonyl (C=O) groups excluding carboxylic acids is 1. The first-order chi connectivity index (χ1) is 14.6. The monoisotopic (exact) mass is 436 g/mol. The zero-order valence-electron chi connectivity index (χ0n) is 16.6. The van der Waals surface area contributed by atoms with Crippen LogP contribution in [0.25, 0.3) is 5.70 Å². The smallest absolute Gasteiger partial charge is 0.336 e. The van der Waals surface area contributed by atoms with E-state index in [4.69, 9.17) is 4.74 Å². The maximum absolute atomic E-state index is 14.5. The van der Waals surface area contributed by atoms with E-state index < -0.39 is 57.0 Å². The molecule has 1 aliphatic rings. The van der Waals surface area contributed by atoms with E-state index in [1.165, 1.54) is 19.9 Å².